The van der Waals surface area contributed by atoms with Crippen LogP contribution in [0.25, 0.3) is 0 Å². The van der Waals surface area contributed by atoms with E-state index < -0.39 is 11.9 Å². The first-order valence-electron chi connectivity index (χ1n) is 5.99. The summed E-state index contributed by atoms with van der Waals surface area (Å²) in [5.41, 5.74) is 0.264. The van der Waals surface area contributed by atoms with Gasteiger partial charge in [-0.1, -0.05) is 5.21 Å². The van der Waals surface area contributed by atoms with Crippen LogP contribution in [0.5, 0.6) is 0 Å². The normalized spacial score (nSPS) is 10.2. The van der Waals surface area contributed by atoms with E-state index in [1.807, 2.05) is 0 Å². The molecule has 0 radical (unpaired) electrons. The monoisotopic (exact) mass is 291 g/mol. The van der Waals surface area contributed by atoms with E-state index in [9.17, 15) is 9.59 Å². The first-order chi connectivity index (χ1) is 10.2. The van der Waals surface area contributed by atoms with Crippen molar-refractivity contribution in [1.82, 2.24) is 25.0 Å². The molecule has 0 atom stereocenters. The van der Waals surface area contributed by atoms with Gasteiger partial charge in [0.05, 0.1) is 26.3 Å². The van der Waals surface area contributed by atoms with Crippen molar-refractivity contribution >= 4 is 11.9 Å². The molecule has 0 unspecified atom stereocenters. The van der Waals surface area contributed by atoms with Crippen LogP contribution in [0.1, 0.15) is 22.0 Å². The van der Waals surface area contributed by atoms with Gasteiger partial charge in [-0.3, -0.25) is 4.79 Å². The number of nitrogens with zero attached hydrogens (tertiary/aromatic N) is 5. The maximum absolute atomic E-state index is 11.6. The van der Waals surface area contributed by atoms with Crippen LogP contribution in [0, 0.1) is 0 Å². The molecule has 0 N–H and O–H groups in total. The molecule has 0 fully saturated rings. The Bertz CT molecular complexity index is 640. The van der Waals surface area contributed by atoms with E-state index in [0.717, 1.165) is 0 Å². The van der Waals surface area contributed by atoms with E-state index in [4.69, 9.17) is 0 Å². The van der Waals surface area contributed by atoms with Crippen LogP contribution in [0.4, 0.5) is 0 Å². The van der Waals surface area contributed by atoms with E-state index in [0.29, 0.717) is 11.5 Å². The smallest absolute Gasteiger partial charge is 0.360 e. The first kappa shape index (κ1) is 14.6. The first-order valence-corrected chi connectivity index (χ1v) is 5.99. The molecule has 0 saturated heterocycles. The van der Waals surface area contributed by atoms with Gasteiger partial charge in [-0.2, -0.15) is 0 Å². The van der Waals surface area contributed by atoms with E-state index in [2.05, 4.69) is 29.8 Å². The van der Waals surface area contributed by atoms with Gasteiger partial charge in [0.25, 0.3) is 0 Å². The number of hydrogen-bond donors (Lipinski definition) is 0. The highest BCUT2D eigenvalue weighted by Crippen LogP contribution is 2.10. The molecule has 0 aliphatic carbocycles. The lowest BCUT2D eigenvalue weighted by Gasteiger charge is -2.05. The number of ether oxygens (including phenoxy) is 2. The van der Waals surface area contributed by atoms with Gasteiger partial charge in [-0.05, 0) is 6.07 Å². The molecule has 0 aromatic carbocycles. The van der Waals surface area contributed by atoms with Crippen LogP contribution < -0.4 is 0 Å². The standard InChI is InChI=1S/C12H13N5O4/c1-20-10(18)6-8-11(12(19)21-2)15-16-17(8)7-9-13-4-3-5-14-9/h3-5H,6-7H2,1-2H3. The molecule has 0 amide bonds. The predicted octanol–water partition coefficient (Wildman–Crippen LogP) is -0.382. The van der Waals surface area contributed by atoms with Crippen LogP contribution in [-0.4, -0.2) is 51.1 Å². The van der Waals surface area contributed by atoms with Crippen molar-refractivity contribution in [2.75, 3.05) is 14.2 Å². The second kappa shape index (κ2) is 6.55. The highest BCUT2D eigenvalue weighted by molar-refractivity contribution is 5.89. The number of rotatable bonds is 5. The van der Waals surface area contributed by atoms with Crippen molar-refractivity contribution in [2.24, 2.45) is 0 Å². The van der Waals surface area contributed by atoms with Gasteiger partial charge < -0.3 is 9.47 Å². The van der Waals surface area contributed by atoms with Crippen molar-refractivity contribution in [1.29, 1.82) is 0 Å². The number of methoxy groups -OCH3 is 2. The molecule has 0 bridgehead atoms. The lowest BCUT2D eigenvalue weighted by molar-refractivity contribution is -0.139. The van der Waals surface area contributed by atoms with Crippen LogP contribution in [0.3, 0.4) is 0 Å². The summed E-state index contributed by atoms with van der Waals surface area (Å²) in [5, 5.41) is 7.59. The zero-order valence-corrected chi connectivity index (χ0v) is 11.5. The van der Waals surface area contributed by atoms with Crippen molar-refractivity contribution in [3.05, 3.63) is 35.7 Å². The Labute approximate surface area is 119 Å². The van der Waals surface area contributed by atoms with Crippen molar-refractivity contribution in [3.8, 4) is 0 Å². The van der Waals surface area contributed by atoms with Gasteiger partial charge in [-0.15, -0.1) is 5.10 Å². The van der Waals surface area contributed by atoms with Crippen LogP contribution in [0.2, 0.25) is 0 Å². The Morgan fingerprint density at radius 3 is 2.52 bits per heavy atom. The third-order valence-corrected chi connectivity index (χ3v) is 2.67. The molecule has 2 heterocycles. The summed E-state index contributed by atoms with van der Waals surface area (Å²) in [5.74, 6) is -0.711. The summed E-state index contributed by atoms with van der Waals surface area (Å²) in [7, 11) is 2.48. The number of esters is 2. The Balaban J connectivity index is 2.34. The van der Waals surface area contributed by atoms with Crippen molar-refractivity contribution < 1.29 is 19.1 Å². The highest BCUT2D eigenvalue weighted by atomic mass is 16.5. The van der Waals surface area contributed by atoms with Gasteiger partial charge >= 0.3 is 11.9 Å². The third-order valence-electron chi connectivity index (χ3n) is 2.67. The van der Waals surface area contributed by atoms with Crippen molar-refractivity contribution in [2.45, 2.75) is 13.0 Å². The van der Waals surface area contributed by atoms with E-state index in [-0.39, 0.29) is 18.7 Å². The Morgan fingerprint density at radius 2 is 1.90 bits per heavy atom. The maximum Gasteiger partial charge on any atom is 0.360 e. The average Bonchev–Trinajstić information content (AvgIpc) is 2.90. The minimum absolute atomic E-state index is 0.0289. The van der Waals surface area contributed by atoms with Crippen molar-refractivity contribution in [3.63, 3.8) is 0 Å². The fourth-order valence-electron chi connectivity index (χ4n) is 1.64. The topological polar surface area (TPSA) is 109 Å². The maximum atomic E-state index is 11.6. The van der Waals surface area contributed by atoms with E-state index >= 15 is 0 Å². The largest absolute Gasteiger partial charge is 0.469 e. The van der Waals surface area contributed by atoms with Crippen LogP contribution in [-0.2, 0) is 27.2 Å². The van der Waals surface area contributed by atoms with Gasteiger partial charge in [0.1, 0.15) is 12.4 Å². The number of aromatic nitrogens is 5. The van der Waals surface area contributed by atoms with Gasteiger partial charge in [0, 0.05) is 12.4 Å². The fraction of sp³-hybridized carbons (Fsp3) is 0.333. The lowest BCUT2D eigenvalue weighted by Crippen LogP contribution is -2.16. The van der Waals surface area contributed by atoms with Gasteiger partial charge in [0.15, 0.2) is 5.69 Å². The molecule has 21 heavy (non-hydrogen) atoms. The Kier molecular flexibility index (Phi) is 4.54. The van der Waals surface area contributed by atoms with Crippen LogP contribution >= 0.6 is 0 Å². The molecule has 2 aromatic heterocycles. The van der Waals surface area contributed by atoms with Gasteiger partial charge in [-0.25, -0.2) is 19.4 Å². The second-order valence-corrected chi connectivity index (χ2v) is 3.95. The minimum atomic E-state index is -0.672. The number of carbonyl (C=O) groups is 2. The third kappa shape index (κ3) is 3.38. The summed E-state index contributed by atoms with van der Waals surface area (Å²) >= 11 is 0. The van der Waals surface area contributed by atoms with E-state index in [1.165, 1.54) is 18.9 Å². The molecular formula is C12H13N5O4. The molecule has 0 aliphatic rings. The highest BCUT2D eigenvalue weighted by Gasteiger charge is 2.23. The summed E-state index contributed by atoms with van der Waals surface area (Å²) < 4.78 is 10.6. The molecule has 2 rings (SSSR count). The summed E-state index contributed by atoms with van der Waals surface area (Å²) in [6.07, 6.45) is 3.02. The predicted molar refractivity (Wildman–Crippen MR) is 68.2 cm³/mol. The SMILES string of the molecule is COC(=O)Cc1c(C(=O)OC)nnn1Cc1ncccn1. The molecule has 9 nitrogen and oxygen atoms in total. The zero-order chi connectivity index (χ0) is 15.2. The Morgan fingerprint density at radius 1 is 1.19 bits per heavy atom. The molecule has 0 spiro atoms. The lowest BCUT2D eigenvalue weighted by atomic mass is 10.2. The molecule has 2 aromatic rings. The molecular weight excluding hydrogens is 278 g/mol. The molecule has 0 aliphatic heterocycles. The molecule has 110 valence electrons. The zero-order valence-electron chi connectivity index (χ0n) is 11.5. The molecule has 0 saturated carbocycles. The number of hydrogen-bond acceptors (Lipinski definition) is 8. The number of carbonyl (C=O) groups excluding carboxylic acids is 2. The summed E-state index contributed by atoms with van der Waals surface area (Å²) in [6, 6.07) is 1.68. The summed E-state index contributed by atoms with van der Waals surface area (Å²) in [6.45, 7) is 0.178. The quantitative estimate of drug-likeness (QED) is 0.686. The molecule has 9 heteroatoms. The average molecular weight is 291 g/mol. The van der Waals surface area contributed by atoms with E-state index in [1.54, 1.807) is 18.5 Å². The summed E-state index contributed by atoms with van der Waals surface area (Å²) in [4.78, 5) is 31.2. The van der Waals surface area contributed by atoms with Crippen LogP contribution in [0.15, 0.2) is 18.5 Å². The minimum Gasteiger partial charge on any atom is -0.469 e. The fourth-order valence-corrected chi connectivity index (χ4v) is 1.64. The second-order valence-electron chi connectivity index (χ2n) is 3.95. The Hall–Kier alpha value is -2.84. The van der Waals surface area contributed by atoms with Gasteiger partial charge in [0.2, 0.25) is 0 Å².